The molecule has 20 heavy (non-hydrogen) atoms. The maximum Gasteiger partial charge on any atom is 0.232 e. The summed E-state index contributed by atoms with van der Waals surface area (Å²) in [6, 6.07) is 9.72. The van der Waals surface area contributed by atoms with Crippen LogP contribution in [0.2, 0.25) is 0 Å². The molecule has 0 radical (unpaired) electrons. The van der Waals surface area contributed by atoms with E-state index < -0.39 is 6.10 Å². The molecule has 0 spiro atoms. The van der Waals surface area contributed by atoms with Gasteiger partial charge < -0.3 is 14.4 Å². The molecule has 1 aromatic carbocycles. The molecule has 0 saturated heterocycles. The summed E-state index contributed by atoms with van der Waals surface area (Å²) in [6.45, 7) is 3.79. The molecule has 0 fully saturated rings. The van der Waals surface area contributed by atoms with Gasteiger partial charge in [0.2, 0.25) is 11.7 Å². The molecule has 0 amide bonds. The number of aromatic nitrogens is 2. The zero-order valence-electron chi connectivity index (χ0n) is 12.0. The minimum Gasteiger partial charge on any atom is -0.392 e. The fourth-order valence-electron chi connectivity index (χ4n) is 2.08. The minimum atomic E-state index is -0.485. The van der Waals surface area contributed by atoms with Crippen molar-refractivity contribution in [2.45, 2.75) is 38.4 Å². The van der Waals surface area contributed by atoms with Crippen molar-refractivity contribution in [3.05, 3.63) is 47.6 Å². The zero-order valence-corrected chi connectivity index (χ0v) is 12.0. The summed E-state index contributed by atoms with van der Waals surface area (Å²) in [4.78, 5) is 4.36. The molecule has 2 aromatic rings. The Bertz CT molecular complexity index is 527. The van der Waals surface area contributed by atoms with Gasteiger partial charge in [-0.05, 0) is 12.0 Å². The van der Waals surface area contributed by atoms with E-state index in [1.54, 1.807) is 7.11 Å². The number of nitrogens with zero attached hydrogens (tertiary/aromatic N) is 2. The van der Waals surface area contributed by atoms with Gasteiger partial charge in [-0.15, -0.1) is 0 Å². The van der Waals surface area contributed by atoms with Gasteiger partial charge in [-0.1, -0.05) is 49.3 Å². The summed E-state index contributed by atoms with van der Waals surface area (Å²) in [5.74, 6) is 0.728. The Morgan fingerprint density at radius 1 is 1.30 bits per heavy atom. The first-order valence-electron chi connectivity index (χ1n) is 6.76. The summed E-state index contributed by atoms with van der Waals surface area (Å²) in [6.07, 6.45) is -0.202. The molecular weight excluding hydrogens is 256 g/mol. The molecule has 3 atom stereocenters. The van der Waals surface area contributed by atoms with Crippen molar-refractivity contribution in [1.82, 2.24) is 10.1 Å². The highest BCUT2D eigenvalue weighted by Gasteiger charge is 2.25. The van der Waals surface area contributed by atoms with Gasteiger partial charge in [-0.2, -0.15) is 4.98 Å². The fraction of sp³-hybridized carbons (Fsp3) is 0.467. The Kier molecular flexibility index (Phi) is 4.87. The van der Waals surface area contributed by atoms with Crippen LogP contribution in [-0.4, -0.2) is 28.5 Å². The highest BCUT2D eigenvalue weighted by Crippen LogP contribution is 2.25. The largest absolute Gasteiger partial charge is 0.392 e. The number of ether oxygens (including phenoxy) is 1. The van der Waals surface area contributed by atoms with Crippen molar-refractivity contribution in [2.24, 2.45) is 0 Å². The quantitative estimate of drug-likeness (QED) is 0.878. The first kappa shape index (κ1) is 14.7. The van der Waals surface area contributed by atoms with Crippen LogP contribution in [0.5, 0.6) is 0 Å². The Labute approximate surface area is 118 Å². The SMILES string of the molecule is CCC(O)C(C)c1nc(C(OC)c2ccccc2)no1. The average molecular weight is 276 g/mol. The highest BCUT2D eigenvalue weighted by atomic mass is 16.5. The van der Waals surface area contributed by atoms with E-state index >= 15 is 0 Å². The number of aliphatic hydroxyl groups is 1. The molecule has 0 bridgehead atoms. The number of benzene rings is 1. The molecule has 1 N–H and O–H groups in total. The van der Waals surface area contributed by atoms with Crippen LogP contribution in [0.15, 0.2) is 34.9 Å². The van der Waals surface area contributed by atoms with Crippen molar-refractivity contribution in [3.8, 4) is 0 Å². The maximum atomic E-state index is 9.84. The smallest absolute Gasteiger partial charge is 0.232 e. The first-order chi connectivity index (χ1) is 9.67. The van der Waals surface area contributed by atoms with Crippen LogP contribution in [-0.2, 0) is 4.74 Å². The van der Waals surface area contributed by atoms with Crippen molar-refractivity contribution < 1.29 is 14.4 Å². The summed E-state index contributed by atoms with van der Waals surface area (Å²) in [7, 11) is 1.61. The summed E-state index contributed by atoms with van der Waals surface area (Å²) in [5.41, 5.74) is 0.964. The summed E-state index contributed by atoms with van der Waals surface area (Å²) >= 11 is 0. The highest BCUT2D eigenvalue weighted by molar-refractivity contribution is 5.22. The van der Waals surface area contributed by atoms with Gasteiger partial charge >= 0.3 is 0 Å². The predicted octanol–water partition coefficient (Wildman–Crippen LogP) is 2.68. The maximum absolute atomic E-state index is 9.84. The van der Waals surface area contributed by atoms with E-state index in [0.717, 1.165) is 5.56 Å². The lowest BCUT2D eigenvalue weighted by atomic mass is 10.0. The van der Waals surface area contributed by atoms with Gasteiger partial charge in [0.15, 0.2) is 0 Å². The number of hydrogen-bond donors (Lipinski definition) is 1. The Morgan fingerprint density at radius 2 is 2.00 bits per heavy atom. The zero-order chi connectivity index (χ0) is 14.5. The van der Waals surface area contributed by atoms with E-state index in [1.165, 1.54) is 0 Å². The van der Waals surface area contributed by atoms with Crippen molar-refractivity contribution in [1.29, 1.82) is 0 Å². The topological polar surface area (TPSA) is 68.4 Å². The molecule has 2 rings (SSSR count). The van der Waals surface area contributed by atoms with Gasteiger partial charge in [-0.25, -0.2) is 0 Å². The second-order valence-corrected chi connectivity index (χ2v) is 4.78. The van der Waals surface area contributed by atoms with Gasteiger partial charge in [0.1, 0.15) is 6.10 Å². The van der Waals surface area contributed by atoms with E-state index in [4.69, 9.17) is 9.26 Å². The lowest BCUT2D eigenvalue weighted by molar-refractivity contribution is 0.125. The molecule has 5 nitrogen and oxygen atoms in total. The second-order valence-electron chi connectivity index (χ2n) is 4.78. The first-order valence-corrected chi connectivity index (χ1v) is 6.76. The summed E-state index contributed by atoms with van der Waals surface area (Å²) in [5, 5.41) is 13.8. The van der Waals surface area contributed by atoms with Crippen LogP contribution in [0.25, 0.3) is 0 Å². The van der Waals surface area contributed by atoms with Crippen molar-refractivity contribution in [3.63, 3.8) is 0 Å². The molecule has 0 aliphatic rings. The van der Waals surface area contributed by atoms with Crippen molar-refractivity contribution in [2.75, 3.05) is 7.11 Å². The number of rotatable bonds is 6. The van der Waals surface area contributed by atoms with Crippen molar-refractivity contribution >= 4 is 0 Å². The monoisotopic (exact) mass is 276 g/mol. The van der Waals surface area contributed by atoms with Crippen LogP contribution < -0.4 is 0 Å². The Hall–Kier alpha value is -1.72. The van der Waals surface area contributed by atoms with Gasteiger partial charge in [0.05, 0.1) is 12.0 Å². The fourth-order valence-corrected chi connectivity index (χ4v) is 2.08. The van der Waals surface area contributed by atoms with Crippen LogP contribution >= 0.6 is 0 Å². The molecule has 0 aliphatic carbocycles. The van der Waals surface area contributed by atoms with Crippen LogP contribution in [0.4, 0.5) is 0 Å². The molecule has 1 aromatic heterocycles. The molecule has 1 heterocycles. The predicted molar refractivity (Wildman–Crippen MR) is 74.3 cm³/mol. The van der Waals surface area contributed by atoms with E-state index in [2.05, 4.69) is 10.1 Å². The standard InChI is InChI=1S/C15H20N2O3/c1-4-12(18)10(2)15-16-14(17-20-15)13(19-3)11-8-6-5-7-9-11/h5-10,12-13,18H,4H2,1-3H3. The number of methoxy groups -OCH3 is 1. The van der Waals surface area contributed by atoms with E-state index in [1.807, 2.05) is 44.2 Å². The second kappa shape index (κ2) is 6.63. The molecular formula is C15H20N2O3. The van der Waals surface area contributed by atoms with Crippen LogP contribution in [0.1, 0.15) is 49.6 Å². The third kappa shape index (κ3) is 3.05. The minimum absolute atomic E-state index is 0.186. The summed E-state index contributed by atoms with van der Waals surface area (Å²) < 4.78 is 10.7. The Balaban J connectivity index is 2.23. The van der Waals surface area contributed by atoms with E-state index in [9.17, 15) is 5.11 Å². The average Bonchev–Trinajstić information content (AvgIpc) is 2.97. The van der Waals surface area contributed by atoms with Gasteiger partial charge in [-0.3, -0.25) is 0 Å². The van der Waals surface area contributed by atoms with Gasteiger partial charge in [0.25, 0.3) is 0 Å². The molecule has 3 unspecified atom stereocenters. The number of hydrogen-bond acceptors (Lipinski definition) is 5. The van der Waals surface area contributed by atoms with Gasteiger partial charge in [0, 0.05) is 7.11 Å². The van der Waals surface area contributed by atoms with E-state index in [-0.39, 0.29) is 12.0 Å². The van der Waals surface area contributed by atoms with E-state index in [0.29, 0.717) is 18.1 Å². The third-order valence-electron chi connectivity index (χ3n) is 3.41. The third-order valence-corrected chi connectivity index (χ3v) is 3.41. The van der Waals surface area contributed by atoms with Crippen LogP contribution in [0.3, 0.4) is 0 Å². The lowest BCUT2D eigenvalue weighted by Crippen LogP contribution is -2.15. The normalized spacial score (nSPS) is 15.8. The molecule has 108 valence electrons. The molecule has 0 saturated carbocycles. The molecule has 0 aliphatic heterocycles. The Morgan fingerprint density at radius 3 is 2.60 bits per heavy atom. The molecule has 5 heteroatoms. The van der Waals surface area contributed by atoms with Crippen LogP contribution in [0, 0.1) is 0 Å². The lowest BCUT2D eigenvalue weighted by Gasteiger charge is -2.13. The number of aliphatic hydroxyl groups excluding tert-OH is 1.